The van der Waals surface area contributed by atoms with E-state index in [9.17, 15) is 22.8 Å². The first-order valence-corrected chi connectivity index (χ1v) is 13.1. The van der Waals surface area contributed by atoms with Crippen molar-refractivity contribution in [2.45, 2.75) is 31.2 Å². The summed E-state index contributed by atoms with van der Waals surface area (Å²) in [7, 11) is -3.76. The van der Waals surface area contributed by atoms with Crippen molar-refractivity contribution in [3.63, 3.8) is 0 Å². The Kier molecular flexibility index (Phi) is 9.53. The molecule has 0 fully saturated rings. The standard InChI is InChI=1S/C27H29N3O6S/c1-19-9-8-12-22(17-19)37(34,35)28-16-15-26(32)36-18-25(31)30-24-14-7-6-13-23(24)27(33)29-20(2)21-10-4-3-5-11-21/h3-14,17,20,28H,15-16,18H2,1-2H3,(H,29,33)(H,30,31). The van der Waals surface area contributed by atoms with E-state index in [0.717, 1.165) is 11.1 Å². The highest BCUT2D eigenvalue weighted by atomic mass is 32.2. The first kappa shape index (κ1) is 27.6. The number of ether oxygens (including phenoxy) is 1. The summed E-state index contributed by atoms with van der Waals surface area (Å²) in [5, 5.41) is 5.47. The topological polar surface area (TPSA) is 131 Å². The summed E-state index contributed by atoms with van der Waals surface area (Å²) < 4.78 is 31.9. The molecule has 0 saturated carbocycles. The number of benzene rings is 3. The van der Waals surface area contributed by atoms with Crippen molar-refractivity contribution in [1.29, 1.82) is 0 Å². The zero-order valence-electron chi connectivity index (χ0n) is 20.6. The largest absolute Gasteiger partial charge is 0.456 e. The van der Waals surface area contributed by atoms with E-state index in [-0.39, 0.29) is 41.1 Å². The fraction of sp³-hybridized carbons (Fsp3) is 0.222. The van der Waals surface area contributed by atoms with Gasteiger partial charge in [-0.3, -0.25) is 14.4 Å². The third-order valence-electron chi connectivity index (χ3n) is 5.38. The van der Waals surface area contributed by atoms with Crippen molar-refractivity contribution >= 4 is 33.5 Å². The number of sulfonamides is 1. The lowest BCUT2D eigenvalue weighted by molar-refractivity contribution is -0.147. The Morgan fingerprint density at radius 1 is 0.919 bits per heavy atom. The maximum Gasteiger partial charge on any atom is 0.307 e. The molecule has 2 amide bonds. The number of anilines is 1. The molecule has 0 aromatic heterocycles. The van der Waals surface area contributed by atoms with Gasteiger partial charge in [-0.25, -0.2) is 13.1 Å². The van der Waals surface area contributed by atoms with Gasteiger partial charge < -0.3 is 15.4 Å². The Hall–Kier alpha value is -4.02. The maximum atomic E-state index is 12.8. The molecule has 0 aliphatic rings. The number of carbonyl (C=O) groups is 3. The first-order valence-electron chi connectivity index (χ1n) is 11.6. The molecule has 3 aromatic rings. The molecule has 0 aliphatic heterocycles. The normalized spacial score (nSPS) is 11.8. The summed E-state index contributed by atoms with van der Waals surface area (Å²) in [5.74, 6) is -1.75. The maximum absolute atomic E-state index is 12.8. The molecule has 1 unspecified atom stereocenters. The van der Waals surface area contributed by atoms with Crippen LogP contribution >= 0.6 is 0 Å². The molecule has 0 heterocycles. The van der Waals surface area contributed by atoms with Gasteiger partial charge in [-0.2, -0.15) is 0 Å². The summed E-state index contributed by atoms with van der Waals surface area (Å²) in [6, 6.07) is 22.1. The lowest BCUT2D eigenvalue weighted by Gasteiger charge is -2.16. The summed E-state index contributed by atoms with van der Waals surface area (Å²) in [4.78, 5) is 37.3. The summed E-state index contributed by atoms with van der Waals surface area (Å²) in [5.41, 5.74) is 2.26. The molecule has 0 aliphatic carbocycles. The van der Waals surface area contributed by atoms with E-state index < -0.39 is 28.5 Å². The molecule has 1 atom stereocenters. The minimum absolute atomic E-state index is 0.0982. The van der Waals surface area contributed by atoms with Crippen molar-refractivity contribution in [3.8, 4) is 0 Å². The number of hydrogen-bond acceptors (Lipinski definition) is 6. The zero-order chi connectivity index (χ0) is 26.8. The van der Waals surface area contributed by atoms with Gasteiger partial charge in [-0.15, -0.1) is 0 Å². The highest BCUT2D eigenvalue weighted by Crippen LogP contribution is 2.18. The molecule has 0 saturated heterocycles. The van der Waals surface area contributed by atoms with Gasteiger partial charge >= 0.3 is 5.97 Å². The minimum Gasteiger partial charge on any atom is -0.456 e. The summed E-state index contributed by atoms with van der Waals surface area (Å²) >= 11 is 0. The van der Waals surface area contributed by atoms with E-state index in [1.807, 2.05) is 37.3 Å². The number of carbonyl (C=O) groups excluding carboxylic acids is 3. The van der Waals surface area contributed by atoms with Crippen LogP contribution in [0.25, 0.3) is 0 Å². The van der Waals surface area contributed by atoms with Crippen LogP contribution in [0.5, 0.6) is 0 Å². The average Bonchev–Trinajstić information content (AvgIpc) is 2.88. The third kappa shape index (κ3) is 8.26. The Morgan fingerprint density at radius 2 is 1.62 bits per heavy atom. The second-order valence-electron chi connectivity index (χ2n) is 8.32. The number of nitrogens with one attached hydrogen (secondary N) is 3. The lowest BCUT2D eigenvalue weighted by Crippen LogP contribution is -2.29. The molecule has 0 spiro atoms. The molecule has 3 N–H and O–H groups in total. The van der Waals surface area contributed by atoms with Gasteiger partial charge in [-0.1, -0.05) is 54.6 Å². The van der Waals surface area contributed by atoms with E-state index in [0.29, 0.717) is 0 Å². The van der Waals surface area contributed by atoms with Crippen LogP contribution in [-0.4, -0.2) is 39.4 Å². The zero-order valence-corrected chi connectivity index (χ0v) is 21.4. The van der Waals surface area contributed by atoms with Crippen LogP contribution in [-0.2, 0) is 24.3 Å². The monoisotopic (exact) mass is 523 g/mol. The molecule has 0 radical (unpaired) electrons. The smallest absolute Gasteiger partial charge is 0.307 e. The van der Waals surface area contributed by atoms with E-state index in [4.69, 9.17) is 4.74 Å². The lowest BCUT2D eigenvalue weighted by atomic mass is 10.1. The fourth-order valence-corrected chi connectivity index (χ4v) is 4.58. The Morgan fingerprint density at radius 3 is 2.35 bits per heavy atom. The average molecular weight is 524 g/mol. The van der Waals surface area contributed by atoms with Crippen molar-refractivity contribution in [2.75, 3.05) is 18.5 Å². The third-order valence-corrected chi connectivity index (χ3v) is 6.84. The van der Waals surface area contributed by atoms with Crippen molar-refractivity contribution in [2.24, 2.45) is 0 Å². The minimum atomic E-state index is -3.76. The van der Waals surface area contributed by atoms with Crippen LogP contribution in [0, 0.1) is 6.92 Å². The van der Waals surface area contributed by atoms with Gasteiger partial charge in [0.15, 0.2) is 6.61 Å². The van der Waals surface area contributed by atoms with E-state index >= 15 is 0 Å². The molecule has 10 heteroatoms. The molecule has 0 bridgehead atoms. The van der Waals surface area contributed by atoms with Crippen LogP contribution < -0.4 is 15.4 Å². The molecule has 3 aromatic carbocycles. The molecule has 194 valence electrons. The number of amides is 2. The van der Waals surface area contributed by atoms with E-state index in [1.54, 1.807) is 43.3 Å². The van der Waals surface area contributed by atoms with Gasteiger partial charge in [0.1, 0.15) is 0 Å². The summed E-state index contributed by atoms with van der Waals surface area (Å²) in [6.07, 6.45) is -0.255. The SMILES string of the molecule is Cc1cccc(S(=O)(=O)NCCC(=O)OCC(=O)Nc2ccccc2C(=O)NC(C)c2ccccc2)c1. The van der Waals surface area contributed by atoms with Gasteiger partial charge in [-0.05, 0) is 49.2 Å². The molecule has 37 heavy (non-hydrogen) atoms. The first-order chi connectivity index (χ1) is 17.7. The second kappa shape index (κ2) is 12.8. The quantitative estimate of drug-likeness (QED) is 0.331. The molecule has 3 rings (SSSR count). The Bertz CT molecular complexity index is 1360. The molecular formula is C27H29N3O6S. The predicted octanol–water partition coefficient (Wildman–Crippen LogP) is 3.34. The van der Waals surface area contributed by atoms with Crippen molar-refractivity contribution in [3.05, 3.63) is 95.6 Å². The van der Waals surface area contributed by atoms with E-state index in [2.05, 4.69) is 15.4 Å². The van der Waals surface area contributed by atoms with Gasteiger partial charge in [0.25, 0.3) is 11.8 Å². The number of esters is 1. The fourth-order valence-electron chi connectivity index (χ4n) is 3.45. The van der Waals surface area contributed by atoms with Crippen LogP contribution in [0.15, 0.2) is 83.8 Å². The number of rotatable bonds is 11. The molecular weight excluding hydrogens is 494 g/mol. The van der Waals surface area contributed by atoms with Gasteiger partial charge in [0, 0.05) is 6.54 Å². The molecule has 9 nitrogen and oxygen atoms in total. The number of hydrogen-bond donors (Lipinski definition) is 3. The van der Waals surface area contributed by atoms with Crippen molar-refractivity contribution < 1.29 is 27.5 Å². The Balaban J connectivity index is 1.48. The predicted molar refractivity (Wildman–Crippen MR) is 139 cm³/mol. The van der Waals surface area contributed by atoms with Gasteiger partial charge in [0.2, 0.25) is 10.0 Å². The highest BCUT2D eigenvalue weighted by molar-refractivity contribution is 7.89. The number of para-hydroxylation sites is 1. The number of aryl methyl sites for hydroxylation is 1. The van der Waals surface area contributed by atoms with E-state index in [1.165, 1.54) is 12.1 Å². The second-order valence-corrected chi connectivity index (χ2v) is 10.1. The van der Waals surface area contributed by atoms with Crippen molar-refractivity contribution in [1.82, 2.24) is 10.0 Å². The van der Waals surface area contributed by atoms with Gasteiger partial charge in [0.05, 0.1) is 28.6 Å². The van der Waals surface area contributed by atoms with Crippen LogP contribution in [0.1, 0.15) is 40.9 Å². The van der Waals surface area contributed by atoms with Crippen LogP contribution in [0.4, 0.5) is 5.69 Å². The summed E-state index contributed by atoms with van der Waals surface area (Å²) in [6.45, 7) is 2.87. The Labute approximate surface area is 216 Å². The van der Waals surface area contributed by atoms with Crippen LogP contribution in [0.2, 0.25) is 0 Å². The van der Waals surface area contributed by atoms with Crippen LogP contribution in [0.3, 0.4) is 0 Å². The highest BCUT2D eigenvalue weighted by Gasteiger charge is 2.18.